The fraction of sp³-hybridized carbons (Fsp3) is 0.143. The predicted octanol–water partition coefficient (Wildman–Crippen LogP) is 4.25. The van der Waals surface area contributed by atoms with Crippen molar-refractivity contribution < 1.29 is 17.6 Å². The molecule has 0 radical (unpaired) electrons. The molecule has 0 fully saturated rings. The lowest BCUT2D eigenvalue weighted by atomic mass is 9.99. The molecule has 1 nitrogen and oxygen atoms in total. The van der Waals surface area contributed by atoms with E-state index >= 15 is 0 Å². The minimum Gasteiger partial charge on any atom is -0.324 e. The summed E-state index contributed by atoms with van der Waals surface area (Å²) in [5.41, 5.74) is 6.72. The van der Waals surface area contributed by atoms with Gasteiger partial charge in [-0.25, -0.2) is 17.6 Å². The van der Waals surface area contributed by atoms with Crippen LogP contribution in [-0.2, 0) is 6.42 Å². The van der Waals surface area contributed by atoms with Crippen molar-refractivity contribution in [3.63, 3.8) is 0 Å². The first-order valence-electron chi connectivity index (χ1n) is 5.73. The number of nitrogens with two attached hydrogens (primary N) is 1. The second kappa shape index (κ2) is 5.93. The summed E-state index contributed by atoms with van der Waals surface area (Å²) in [6.45, 7) is 0. The molecule has 2 aromatic rings. The van der Waals surface area contributed by atoms with E-state index in [9.17, 15) is 17.6 Å². The molecule has 6 heteroatoms. The Morgan fingerprint density at radius 1 is 0.950 bits per heavy atom. The first-order valence-corrected chi connectivity index (χ1v) is 6.52. The third kappa shape index (κ3) is 3.02. The summed E-state index contributed by atoms with van der Waals surface area (Å²) < 4.78 is 52.3. The van der Waals surface area contributed by atoms with E-state index in [-0.39, 0.29) is 10.9 Å². The van der Waals surface area contributed by atoms with Crippen molar-refractivity contribution in [3.05, 3.63) is 69.2 Å². The first-order chi connectivity index (χ1) is 9.40. The highest BCUT2D eigenvalue weighted by atomic mass is 79.9. The Kier molecular flexibility index (Phi) is 4.45. The quantitative estimate of drug-likeness (QED) is 0.651. The predicted molar refractivity (Wildman–Crippen MR) is 71.0 cm³/mol. The highest BCUT2D eigenvalue weighted by Crippen LogP contribution is 2.28. The molecule has 0 aliphatic heterocycles. The van der Waals surface area contributed by atoms with Gasteiger partial charge in [0.1, 0.15) is 0 Å². The summed E-state index contributed by atoms with van der Waals surface area (Å²) in [5, 5.41) is 0. The molecule has 0 spiro atoms. The van der Waals surface area contributed by atoms with E-state index in [1.165, 1.54) is 12.1 Å². The van der Waals surface area contributed by atoms with Gasteiger partial charge in [-0.1, -0.05) is 12.1 Å². The second-order valence-corrected chi connectivity index (χ2v) is 5.12. The van der Waals surface area contributed by atoms with Crippen molar-refractivity contribution in [2.75, 3.05) is 0 Å². The molecule has 106 valence electrons. The van der Waals surface area contributed by atoms with Crippen molar-refractivity contribution >= 4 is 15.9 Å². The molecule has 0 amide bonds. The molecule has 1 atom stereocenters. The molecule has 2 N–H and O–H groups in total. The summed E-state index contributed by atoms with van der Waals surface area (Å²) >= 11 is 2.94. The maximum atomic E-state index is 13.4. The van der Waals surface area contributed by atoms with Gasteiger partial charge in [-0.15, -0.1) is 0 Å². The molecular formula is C14H10BrF4N. The van der Waals surface area contributed by atoms with E-state index in [2.05, 4.69) is 15.9 Å². The van der Waals surface area contributed by atoms with Gasteiger partial charge in [0.2, 0.25) is 0 Å². The topological polar surface area (TPSA) is 26.0 Å². The fourth-order valence-corrected chi connectivity index (χ4v) is 2.47. The fourth-order valence-electron chi connectivity index (χ4n) is 1.86. The minimum absolute atomic E-state index is 0.0624. The zero-order valence-electron chi connectivity index (χ0n) is 10.1. The summed E-state index contributed by atoms with van der Waals surface area (Å²) in [6, 6.07) is 5.07. The van der Waals surface area contributed by atoms with Gasteiger partial charge in [0, 0.05) is 6.04 Å². The van der Waals surface area contributed by atoms with Crippen LogP contribution in [0.1, 0.15) is 17.2 Å². The Labute approximate surface area is 121 Å². The summed E-state index contributed by atoms with van der Waals surface area (Å²) in [5.74, 6) is -3.93. The molecule has 20 heavy (non-hydrogen) atoms. The van der Waals surface area contributed by atoms with Crippen LogP contribution in [0.3, 0.4) is 0 Å². The maximum absolute atomic E-state index is 13.4. The van der Waals surface area contributed by atoms with Gasteiger partial charge < -0.3 is 5.73 Å². The van der Waals surface area contributed by atoms with Crippen LogP contribution in [0.15, 0.2) is 34.8 Å². The van der Waals surface area contributed by atoms with Gasteiger partial charge in [0.25, 0.3) is 0 Å². The van der Waals surface area contributed by atoms with Crippen LogP contribution in [0.25, 0.3) is 0 Å². The Bertz CT molecular complexity index is 645. The molecule has 0 bridgehead atoms. The Morgan fingerprint density at radius 3 is 2.25 bits per heavy atom. The molecular weight excluding hydrogens is 338 g/mol. The molecule has 2 rings (SSSR count). The van der Waals surface area contributed by atoms with Crippen LogP contribution >= 0.6 is 15.9 Å². The number of benzene rings is 2. The highest BCUT2D eigenvalue weighted by Gasteiger charge is 2.17. The van der Waals surface area contributed by atoms with Gasteiger partial charge in [-0.05, 0) is 51.7 Å². The van der Waals surface area contributed by atoms with Crippen molar-refractivity contribution in [1.29, 1.82) is 0 Å². The Morgan fingerprint density at radius 2 is 1.60 bits per heavy atom. The largest absolute Gasteiger partial charge is 0.324 e. The van der Waals surface area contributed by atoms with E-state index in [4.69, 9.17) is 5.73 Å². The Balaban J connectivity index is 2.26. The van der Waals surface area contributed by atoms with Crippen molar-refractivity contribution in [2.45, 2.75) is 12.5 Å². The lowest BCUT2D eigenvalue weighted by Crippen LogP contribution is -2.15. The third-order valence-corrected chi connectivity index (χ3v) is 3.71. The number of halogens is 5. The van der Waals surface area contributed by atoms with E-state index in [1.54, 1.807) is 0 Å². The van der Waals surface area contributed by atoms with Crippen LogP contribution in [0.4, 0.5) is 17.6 Å². The van der Waals surface area contributed by atoms with Gasteiger partial charge in [-0.3, -0.25) is 0 Å². The van der Waals surface area contributed by atoms with Crippen molar-refractivity contribution in [1.82, 2.24) is 0 Å². The molecule has 0 aromatic heterocycles. The van der Waals surface area contributed by atoms with Crippen LogP contribution in [0.2, 0.25) is 0 Å². The Hall–Kier alpha value is -1.40. The lowest BCUT2D eigenvalue weighted by Gasteiger charge is -2.15. The van der Waals surface area contributed by atoms with Gasteiger partial charge in [0.05, 0.1) is 4.47 Å². The van der Waals surface area contributed by atoms with E-state index < -0.39 is 29.3 Å². The molecule has 0 aliphatic carbocycles. The standard InChI is InChI=1S/C14H10BrF4N/c15-13-8(2-4-10(17)14(13)19)12(20)6-7-1-3-9(16)11(18)5-7/h1-5,12H,6,20H2. The molecule has 1 unspecified atom stereocenters. The third-order valence-electron chi connectivity index (χ3n) is 2.90. The molecule has 0 saturated heterocycles. The lowest BCUT2D eigenvalue weighted by molar-refractivity contribution is 0.499. The van der Waals surface area contributed by atoms with Crippen LogP contribution in [-0.4, -0.2) is 0 Å². The average molecular weight is 348 g/mol. The monoisotopic (exact) mass is 347 g/mol. The second-order valence-electron chi connectivity index (χ2n) is 4.32. The maximum Gasteiger partial charge on any atom is 0.173 e. The molecule has 0 aliphatic rings. The van der Waals surface area contributed by atoms with Crippen LogP contribution in [0, 0.1) is 23.3 Å². The zero-order valence-corrected chi connectivity index (χ0v) is 11.7. The average Bonchev–Trinajstić information content (AvgIpc) is 2.40. The van der Waals surface area contributed by atoms with Gasteiger partial charge >= 0.3 is 0 Å². The summed E-state index contributed by atoms with van der Waals surface area (Å²) in [6.07, 6.45) is 0.168. The van der Waals surface area contributed by atoms with Crippen molar-refractivity contribution in [2.24, 2.45) is 5.73 Å². The smallest absolute Gasteiger partial charge is 0.173 e. The van der Waals surface area contributed by atoms with E-state index in [0.29, 0.717) is 11.1 Å². The number of hydrogen-bond acceptors (Lipinski definition) is 1. The summed E-state index contributed by atoms with van der Waals surface area (Å²) in [4.78, 5) is 0. The molecule has 0 heterocycles. The van der Waals surface area contributed by atoms with Crippen LogP contribution < -0.4 is 5.73 Å². The van der Waals surface area contributed by atoms with E-state index in [0.717, 1.165) is 18.2 Å². The van der Waals surface area contributed by atoms with Crippen LogP contribution in [0.5, 0.6) is 0 Å². The number of hydrogen-bond donors (Lipinski definition) is 1. The molecule has 2 aromatic carbocycles. The van der Waals surface area contributed by atoms with E-state index in [1.807, 2.05) is 0 Å². The summed E-state index contributed by atoms with van der Waals surface area (Å²) in [7, 11) is 0. The number of rotatable bonds is 3. The van der Waals surface area contributed by atoms with Gasteiger partial charge in [0.15, 0.2) is 23.3 Å². The first kappa shape index (κ1) is 15.0. The highest BCUT2D eigenvalue weighted by molar-refractivity contribution is 9.10. The normalized spacial score (nSPS) is 12.5. The SMILES string of the molecule is NC(Cc1ccc(F)c(F)c1)c1ccc(F)c(F)c1Br. The minimum atomic E-state index is -1.02. The van der Waals surface area contributed by atoms with Gasteiger partial charge in [-0.2, -0.15) is 0 Å². The zero-order chi connectivity index (χ0) is 14.9. The molecule has 0 saturated carbocycles. The van der Waals surface area contributed by atoms with Crippen molar-refractivity contribution in [3.8, 4) is 0 Å².